The van der Waals surface area contributed by atoms with Gasteiger partial charge in [0.25, 0.3) is 0 Å². The quantitative estimate of drug-likeness (QED) is 0.818. The molecular formula is C10H5F3O3. The number of rotatable bonds is 1. The molecule has 0 amide bonds. The second kappa shape index (κ2) is 3.26. The highest BCUT2D eigenvalue weighted by Crippen LogP contribution is 2.36. The third-order valence-electron chi connectivity index (χ3n) is 2.15. The molecule has 0 atom stereocenters. The highest BCUT2D eigenvalue weighted by Gasteiger charge is 2.34. The molecule has 2 rings (SSSR count). The second-order valence-corrected chi connectivity index (χ2v) is 3.13. The highest BCUT2D eigenvalue weighted by atomic mass is 19.4. The lowest BCUT2D eigenvalue weighted by atomic mass is 10.1. The monoisotopic (exact) mass is 230 g/mol. The summed E-state index contributed by atoms with van der Waals surface area (Å²) in [5, 5.41) is 8.72. The lowest BCUT2D eigenvalue weighted by Crippen LogP contribution is -2.07. The predicted molar refractivity (Wildman–Crippen MR) is 48.2 cm³/mol. The average Bonchev–Trinajstić information content (AvgIpc) is 2.61. The first kappa shape index (κ1) is 10.5. The zero-order chi connectivity index (χ0) is 11.9. The SMILES string of the molecule is O=C(O)c1ccc(C(F)(F)F)c2occc12. The smallest absolute Gasteiger partial charge is 0.420 e. The summed E-state index contributed by atoms with van der Waals surface area (Å²) in [4.78, 5) is 10.8. The minimum Gasteiger partial charge on any atom is -0.478 e. The maximum atomic E-state index is 12.5. The molecule has 84 valence electrons. The van der Waals surface area contributed by atoms with E-state index in [0.717, 1.165) is 12.3 Å². The van der Waals surface area contributed by atoms with Gasteiger partial charge < -0.3 is 9.52 Å². The van der Waals surface area contributed by atoms with E-state index in [1.807, 2.05) is 0 Å². The van der Waals surface area contributed by atoms with Crippen LogP contribution in [0.3, 0.4) is 0 Å². The number of alkyl halides is 3. The first-order valence-corrected chi connectivity index (χ1v) is 4.22. The van der Waals surface area contributed by atoms with Crippen LogP contribution in [0.4, 0.5) is 13.2 Å². The summed E-state index contributed by atoms with van der Waals surface area (Å²) in [6.45, 7) is 0. The molecule has 1 N–H and O–H groups in total. The van der Waals surface area contributed by atoms with Gasteiger partial charge in [0, 0.05) is 5.39 Å². The van der Waals surface area contributed by atoms with Crippen LogP contribution in [-0.4, -0.2) is 11.1 Å². The molecule has 0 radical (unpaired) electrons. The normalized spacial score (nSPS) is 11.9. The first-order valence-electron chi connectivity index (χ1n) is 4.22. The molecule has 0 bridgehead atoms. The molecule has 0 unspecified atom stereocenters. The Morgan fingerprint density at radius 2 is 1.94 bits per heavy atom. The van der Waals surface area contributed by atoms with Gasteiger partial charge in [-0.3, -0.25) is 0 Å². The highest BCUT2D eigenvalue weighted by molar-refractivity contribution is 6.03. The minimum atomic E-state index is -4.56. The molecule has 0 saturated heterocycles. The van der Waals surface area contributed by atoms with Crippen molar-refractivity contribution in [2.75, 3.05) is 0 Å². The van der Waals surface area contributed by atoms with Gasteiger partial charge in [-0.1, -0.05) is 0 Å². The molecule has 1 heterocycles. The molecule has 1 aromatic heterocycles. The van der Waals surface area contributed by atoms with Gasteiger partial charge in [0.15, 0.2) is 0 Å². The van der Waals surface area contributed by atoms with E-state index in [-0.39, 0.29) is 10.9 Å². The van der Waals surface area contributed by atoms with Gasteiger partial charge in [-0.05, 0) is 18.2 Å². The van der Waals surface area contributed by atoms with Crippen LogP contribution in [-0.2, 0) is 6.18 Å². The van der Waals surface area contributed by atoms with Crippen molar-refractivity contribution >= 4 is 16.9 Å². The molecule has 2 aromatic rings. The van der Waals surface area contributed by atoms with Crippen molar-refractivity contribution in [2.24, 2.45) is 0 Å². The number of carboxylic acid groups (broad SMARTS) is 1. The van der Waals surface area contributed by atoms with Crippen molar-refractivity contribution in [3.05, 3.63) is 35.6 Å². The third-order valence-corrected chi connectivity index (χ3v) is 2.15. The number of carbonyl (C=O) groups is 1. The lowest BCUT2D eigenvalue weighted by molar-refractivity contribution is -0.136. The fourth-order valence-corrected chi connectivity index (χ4v) is 1.47. The van der Waals surface area contributed by atoms with Gasteiger partial charge in [-0.2, -0.15) is 13.2 Å². The van der Waals surface area contributed by atoms with Crippen molar-refractivity contribution in [2.45, 2.75) is 6.18 Å². The Bertz CT molecular complexity index is 554. The number of hydrogen-bond acceptors (Lipinski definition) is 2. The van der Waals surface area contributed by atoms with Gasteiger partial charge in [0.1, 0.15) is 5.58 Å². The number of fused-ring (bicyclic) bond motifs is 1. The number of benzene rings is 1. The standard InChI is InChI=1S/C10H5F3O3/c11-10(12,13)7-2-1-6(9(14)15)5-3-4-16-8(5)7/h1-4H,(H,14,15). The van der Waals surface area contributed by atoms with E-state index in [4.69, 9.17) is 5.11 Å². The zero-order valence-corrected chi connectivity index (χ0v) is 7.71. The summed E-state index contributed by atoms with van der Waals surface area (Å²) >= 11 is 0. The van der Waals surface area contributed by atoms with Gasteiger partial charge in [0.2, 0.25) is 0 Å². The van der Waals surface area contributed by atoms with Gasteiger partial charge in [-0.15, -0.1) is 0 Å². The Morgan fingerprint density at radius 1 is 1.25 bits per heavy atom. The van der Waals surface area contributed by atoms with Gasteiger partial charge in [0.05, 0.1) is 17.4 Å². The van der Waals surface area contributed by atoms with Crippen LogP contribution in [0.15, 0.2) is 28.9 Å². The van der Waals surface area contributed by atoms with Crippen molar-refractivity contribution < 1.29 is 27.5 Å². The zero-order valence-electron chi connectivity index (χ0n) is 7.71. The minimum absolute atomic E-state index is 0.0534. The van der Waals surface area contributed by atoms with Crippen molar-refractivity contribution in [1.82, 2.24) is 0 Å². The number of aromatic carboxylic acids is 1. The summed E-state index contributed by atoms with van der Waals surface area (Å²) < 4.78 is 42.2. The summed E-state index contributed by atoms with van der Waals surface area (Å²) in [5.41, 5.74) is -1.64. The van der Waals surface area contributed by atoms with Gasteiger partial charge >= 0.3 is 12.1 Å². The number of hydrogen-bond donors (Lipinski definition) is 1. The maximum Gasteiger partial charge on any atom is 0.420 e. The van der Waals surface area contributed by atoms with Crippen LogP contribution in [0.2, 0.25) is 0 Å². The van der Waals surface area contributed by atoms with Crippen molar-refractivity contribution in [1.29, 1.82) is 0 Å². The van der Waals surface area contributed by atoms with Crippen LogP contribution < -0.4 is 0 Å². The fourth-order valence-electron chi connectivity index (χ4n) is 1.47. The Morgan fingerprint density at radius 3 is 2.50 bits per heavy atom. The molecule has 1 aromatic carbocycles. The molecule has 0 aliphatic heterocycles. The Balaban J connectivity index is 2.79. The molecule has 16 heavy (non-hydrogen) atoms. The molecule has 0 fully saturated rings. The van der Waals surface area contributed by atoms with Crippen molar-refractivity contribution in [3.8, 4) is 0 Å². The maximum absolute atomic E-state index is 12.5. The van der Waals surface area contributed by atoms with E-state index in [1.165, 1.54) is 6.07 Å². The van der Waals surface area contributed by atoms with Crippen LogP contribution >= 0.6 is 0 Å². The molecular weight excluding hydrogens is 225 g/mol. The van der Waals surface area contributed by atoms with Crippen LogP contribution in [0.5, 0.6) is 0 Å². The molecule has 0 saturated carbocycles. The summed E-state index contributed by atoms with van der Waals surface area (Å²) in [5.74, 6) is -1.29. The van der Waals surface area contributed by atoms with E-state index in [9.17, 15) is 18.0 Å². The number of carboxylic acids is 1. The van der Waals surface area contributed by atoms with Gasteiger partial charge in [-0.25, -0.2) is 4.79 Å². The summed E-state index contributed by atoms with van der Waals surface area (Å²) in [6.07, 6.45) is -3.53. The van der Waals surface area contributed by atoms with Crippen molar-refractivity contribution in [3.63, 3.8) is 0 Å². The fraction of sp³-hybridized carbons (Fsp3) is 0.100. The second-order valence-electron chi connectivity index (χ2n) is 3.13. The van der Waals surface area contributed by atoms with E-state index < -0.39 is 23.3 Å². The predicted octanol–water partition coefficient (Wildman–Crippen LogP) is 3.15. The number of halogens is 3. The average molecular weight is 230 g/mol. The first-order chi connectivity index (χ1) is 7.41. The van der Waals surface area contributed by atoms with E-state index in [1.54, 1.807) is 0 Å². The molecule has 6 heteroatoms. The Kier molecular flexibility index (Phi) is 2.15. The van der Waals surface area contributed by atoms with Crippen LogP contribution in [0, 0.1) is 0 Å². The summed E-state index contributed by atoms with van der Waals surface area (Å²) in [7, 11) is 0. The van der Waals surface area contributed by atoms with Crippen LogP contribution in [0.1, 0.15) is 15.9 Å². The topological polar surface area (TPSA) is 50.4 Å². The third kappa shape index (κ3) is 1.52. The lowest BCUT2D eigenvalue weighted by Gasteiger charge is -2.07. The molecule has 3 nitrogen and oxygen atoms in total. The molecule has 0 aliphatic rings. The van der Waals surface area contributed by atoms with E-state index in [0.29, 0.717) is 6.07 Å². The molecule has 0 spiro atoms. The number of furan rings is 1. The largest absolute Gasteiger partial charge is 0.478 e. The van der Waals surface area contributed by atoms with E-state index >= 15 is 0 Å². The van der Waals surface area contributed by atoms with Crippen LogP contribution in [0.25, 0.3) is 11.0 Å². The van der Waals surface area contributed by atoms with E-state index in [2.05, 4.69) is 4.42 Å². The summed E-state index contributed by atoms with van der Waals surface area (Å²) in [6, 6.07) is 2.83. The molecule has 0 aliphatic carbocycles. The Labute approximate surface area is 87.1 Å². The Hall–Kier alpha value is -1.98.